The average Bonchev–Trinajstić information content (AvgIpc) is 3.12. The fraction of sp³-hybridized carbons (Fsp3) is 0.174. The molecule has 0 fully saturated rings. The molecule has 0 saturated carbocycles. The number of aryl methyl sites for hydroxylation is 1. The lowest BCUT2D eigenvalue weighted by Crippen LogP contribution is -2.22. The summed E-state index contributed by atoms with van der Waals surface area (Å²) in [7, 11) is 0. The Labute approximate surface area is 194 Å². The second kappa shape index (κ2) is 9.06. The minimum absolute atomic E-state index is 0.0745. The fourth-order valence-corrected chi connectivity index (χ4v) is 3.85. The number of hydrazone groups is 1. The highest BCUT2D eigenvalue weighted by Gasteiger charge is 2.28. The second-order valence-corrected chi connectivity index (χ2v) is 8.15. The molecule has 0 atom stereocenters. The molecule has 164 valence electrons. The summed E-state index contributed by atoms with van der Waals surface area (Å²) in [4.78, 5) is 25.2. The number of nitrogens with zero attached hydrogens (tertiary/aromatic N) is 1. The number of aromatic hydroxyl groups is 1. The number of hydrogen-bond acceptors (Lipinski definition) is 5. The molecule has 0 saturated heterocycles. The van der Waals surface area contributed by atoms with Crippen LogP contribution in [0, 0.1) is 6.92 Å². The van der Waals surface area contributed by atoms with Crippen LogP contribution in [0.25, 0.3) is 0 Å². The van der Waals surface area contributed by atoms with Crippen LogP contribution in [0.3, 0.4) is 0 Å². The zero-order chi connectivity index (χ0) is 22.8. The molecular weight excluding hydrogens is 453 g/mol. The van der Waals surface area contributed by atoms with Crippen molar-refractivity contribution in [2.24, 2.45) is 5.10 Å². The van der Waals surface area contributed by atoms with E-state index >= 15 is 0 Å². The Morgan fingerprint density at radius 1 is 1.03 bits per heavy atom. The van der Waals surface area contributed by atoms with Crippen molar-refractivity contribution in [1.82, 2.24) is 5.43 Å². The van der Waals surface area contributed by atoms with Gasteiger partial charge in [-0.2, -0.15) is 5.10 Å². The lowest BCUT2D eigenvalue weighted by atomic mass is 9.93. The molecule has 0 radical (unpaired) electrons. The summed E-state index contributed by atoms with van der Waals surface area (Å²) in [5.74, 6) is 0.0998. The lowest BCUT2D eigenvalue weighted by molar-refractivity contribution is 0.0953. The number of furan rings is 1. The summed E-state index contributed by atoms with van der Waals surface area (Å²) in [6.45, 7) is 1.79. The molecule has 2 aromatic carbocycles. The van der Waals surface area contributed by atoms with Gasteiger partial charge in [0.15, 0.2) is 5.76 Å². The van der Waals surface area contributed by atoms with Gasteiger partial charge in [0.25, 0.3) is 11.8 Å². The molecule has 0 unspecified atom stereocenters. The van der Waals surface area contributed by atoms with Gasteiger partial charge in [0.2, 0.25) is 0 Å². The van der Waals surface area contributed by atoms with E-state index in [9.17, 15) is 14.7 Å². The van der Waals surface area contributed by atoms with Crippen LogP contribution >= 0.6 is 23.2 Å². The minimum Gasteiger partial charge on any atom is -0.508 e. The van der Waals surface area contributed by atoms with E-state index in [1.807, 2.05) is 0 Å². The molecule has 9 heteroatoms. The maximum absolute atomic E-state index is 12.8. The van der Waals surface area contributed by atoms with Crippen molar-refractivity contribution in [2.45, 2.75) is 26.2 Å². The Bertz CT molecular complexity index is 1230. The molecular formula is C23H19Cl2N3O4. The van der Waals surface area contributed by atoms with Crippen molar-refractivity contribution in [3.63, 3.8) is 0 Å². The predicted molar refractivity (Wildman–Crippen MR) is 123 cm³/mol. The van der Waals surface area contributed by atoms with Crippen molar-refractivity contribution in [1.29, 1.82) is 0 Å². The van der Waals surface area contributed by atoms with Crippen LogP contribution in [-0.4, -0.2) is 22.6 Å². The number of amides is 2. The number of halogens is 2. The van der Waals surface area contributed by atoms with Gasteiger partial charge < -0.3 is 14.8 Å². The first-order valence-corrected chi connectivity index (χ1v) is 10.6. The van der Waals surface area contributed by atoms with Crippen LogP contribution in [0.15, 0.2) is 52.0 Å². The molecule has 1 aromatic heterocycles. The van der Waals surface area contributed by atoms with Crippen LogP contribution < -0.4 is 10.7 Å². The Balaban J connectivity index is 1.56. The van der Waals surface area contributed by atoms with E-state index in [0.717, 1.165) is 12.0 Å². The van der Waals surface area contributed by atoms with Gasteiger partial charge in [-0.25, -0.2) is 5.43 Å². The average molecular weight is 472 g/mol. The van der Waals surface area contributed by atoms with Gasteiger partial charge in [0.05, 0.1) is 15.8 Å². The Kier molecular flexibility index (Phi) is 6.21. The second-order valence-electron chi connectivity index (χ2n) is 7.34. The molecule has 32 heavy (non-hydrogen) atoms. The number of carbonyl (C=O) groups excluding carboxylic acids is 2. The highest BCUT2D eigenvalue weighted by atomic mass is 35.5. The SMILES string of the molecule is Cc1c(C(=O)Nc2ccc(Cl)c(Cl)c2)oc2c1/C(=N/NC(=O)c1ccc(O)cc1)CCC2. The first kappa shape index (κ1) is 21.9. The predicted octanol–water partition coefficient (Wildman–Crippen LogP) is 5.32. The van der Waals surface area contributed by atoms with Gasteiger partial charge in [-0.3, -0.25) is 9.59 Å². The van der Waals surface area contributed by atoms with Crippen LogP contribution in [0.2, 0.25) is 10.0 Å². The number of phenolic OH excluding ortho intramolecular Hbond substituents is 1. The van der Waals surface area contributed by atoms with Crippen LogP contribution in [0.4, 0.5) is 5.69 Å². The number of rotatable bonds is 4. The van der Waals surface area contributed by atoms with E-state index in [-0.39, 0.29) is 11.5 Å². The first-order chi connectivity index (χ1) is 15.3. The number of fused-ring (bicyclic) bond motifs is 1. The van der Waals surface area contributed by atoms with Gasteiger partial charge in [-0.1, -0.05) is 23.2 Å². The van der Waals surface area contributed by atoms with Crippen LogP contribution in [0.1, 0.15) is 50.6 Å². The highest BCUT2D eigenvalue weighted by molar-refractivity contribution is 6.42. The molecule has 2 amide bonds. The molecule has 4 rings (SSSR count). The van der Waals surface area contributed by atoms with Gasteiger partial charge in [0.1, 0.15) is 11.5 Å². The van der Waals surface area contributed by atoms with Gasteiger partial charge in [0, 0.05) is 28.8 Å². The summed E-state index contributed by atoms with van der Waals surface area (Å²) in [5.41, 5.74) is 5.44. The van der Waals surface area contributed by atoms with Gasteiger partial charge >= 0.3 is 0 Å². The summed E-state index contributed by atoms with van der Waals surface area (Å²) in [6.07, 6.45) is 2.08. The topological polar surface area (TPSA) is 104 Å². The number of nitrogens with one attached hydrogen (secondary N) is 2. The number of hydrogen-bond donors (Lipinski definition) is 3. The fourth-order valence-electron chi connectivity index (χ4n) is 3.55. The molecule has 3 aromatic rings. The smallest absolute Gasteiger partial charge is 0.291 e. The van der Waals surface area contributed by atoms with Crippen molar-refractivity contribution < 1.29 is 19.1 Å². The monoisotopic (exact) mass is 471 g/mol. The van der Waals surface area contributed by atoms with E-state index < -0.39 is 11.8 Å². The molecule has 1 aliphatic rings. The zero-order valence-electron chi connectivity index (χ0n) is 17.0. The normalized spacial score (nSPS) is 14.2. The molecule has 1 aliphatic carbocycles. The van der Waals surface area contributed by atoms with Crippen LogP contribution in [0.5, 0.6) is 5.75 Å². The van der Waals surface area contributed by atoms with Crippen molar-refractivity contribution in [3.05, 3.63) is 80.7 Å². The van der Waals surface area contributed by atoms with Crippen molar-refractivity contribution in [3.8, 4) is 5.75 Å². The number of anilines is 1. The van der Waals surface area contributed by atoms with E-state index in [1.54, 1.807) is 25.1 Å². The zero-order valence-corrected chi connectivity index (χ0v) is 18.5. The lowest BCUT2D eigenvalue weighted by Gasteiger charge is -2.13. The van der Waals surface area contributed by atoms with E-state index in [2.05, 4.69) is 15.8 Å². The van der Waals surface area contributed by atoms with Gasteiger partial charge in [-0.15, -0.1) is 0 Å². The Morgan fingerprint density at radius 2 is 1.78 bits per heavy atom. The third-order valence-electron chi connectivity index (χ3n) is 5.13. The van der Waals surface area contributed by atoms with E-state index in [1.165, 1.54) is 24.3 Å². The number of carbonyl (C=O) groups is 2. The Hall–Kier alpha value is -3.29. The van der Waals surface area contributed by atoms with E-state index in [0.29, 0.717) is 51.2 Å². The maximum atomic E-state index is 12.8. The standard InChI is InChI=1S/C23H19Cl2N3O4/c1-12-20-18(27-28-22(30)13-5-8-15(29)9-6-13)3-2-4-19(20)32-21(12)23(31)26-14-7-10-16(24)17(25)11-14/h5-11,29H,2-4H2,1H3,(H,26,31)(H,28,30)/b27-18+. The maximum Gasteiger partial charge on any atom is 0.291 e. The quantitative estimate of drug-likeness (QED) is 0.447. The minimum atomic E-state index is -0.414. The summed E-state index contributed by atoms with van der Waals surface area (Å²) < 4.78 is 5.87. The largest absolute Gasteiger partial charge is 0.508 e. The third kappa shape index (κ3) is 4.49. The van der Waals surface area contributed by atoms with Crippen molar-refractivity contribution >= 4 is 46.4 Å². The first-order valence-electron chi connectivity index (χ1n) is 9.88. The molecule has 7 nitrogen and oxygen atoms in total. The summed E-state index contributed by atoms with van der Waals surface area (Å²) in [5, 5.41) is 17.1. The molecule has 0 bridgehead atoms. The highest BCUT2D eigenvalue weighted by Crippen LogP contribution is 2.31. The molecule has 3 N–H and O–H groups in total. The number of benzene rings is 2. The van der Waals surface area contributed by atoms with Crippen LogP contribution in [-0.2, 0) is 6.42 Å². The number of phenols is 1. The van der Waals surface area contributed by atoms with E-state index in [4.69, 9.17) is 27.6 Å². The van der Waals surface area contributed by atoms with Gasteiger partial charge in [-0.05, 0) is 62.2 Å². The summed E-state index contributed by atoms with van der Waals surface area (Å²) in [6, 6.07) is 10.7. The third-order valence-corrected chi connectivity index (χ3v) is 5.87. The molecule has 0 spiro atoms. The van der Waals surface area contributed by atoms with Crippen molar-refractivity contribution in [2.75, 3.05) is 5.32 Å². The summed E-state index contributed by atoms with van der Waals surface area (Å²) >= 11 is 11.9. The molecule has 1 heterocycles. The Morgan fingerprint density at radius 3 is 2.50 bits per heavy atom. The molecule has 0 aliphatic heterocycles.